The fraction of sp³-hybridized carbons (Fsp3) is 0.0769. The number of hydrogen-bond acceptors (Lipinski definition) is 3. The average molecular weight is 263 g/mol. The minimum Gasteiger partial charge on any atom is -0.478 e. The lowest BCUT2D eigenvalue weighted by Crippen LogP contribution is -2.00. The molecule has 0 saturated carbocycles. The number of hydrogen-bond donors (Lipinski definition) is 2. The summed E-state index contributed by atoms with van der Waals surface area (Å²) in [5.41, 5.74) is 1.34. The third-order valence-corrected chi connectivity index (χ3v) is 2.61. The number of halogens is 1. The van der Waals surface area contributed by atoms with Gasteiger partial charge in [-0.25, -0.2) is 9.78 Å². The van der Waals surface area contributed by atoms with Crippen molar-refractivity contribution < 1.29 is 9.90 Å². The highest BCUT2D eigenvalue weighted by molar-refractivity contribution is 6.30. The van der Waals surface area contributed by atoms with Gasteiger partial charge in [0.05, 0.1) is 0 Å². The molecular formula is C13H11ClN2O2. The lowest BCUT2D eigenvalue weighted by molar-refractivity contribution is -0.131. The largest absolute Gasteiger partial charge is 0.478 e. The number of pyridine rings is 1. The summed E-state index contributed by atoms with van der Waals surface area (Å²) in [4.78, 5) is 14.6. The van der Waals surface area contributed by atoms with Gasteiger partial charge in [0, 0.05) is 34.4 Å². The summed E-state index contributed by atoms with van der Waals surface area (Å²) in [5.74, 6) is -0.986. The number of nitrogens with zero attached hydrogens (tertiary/aromatic N) is 1. The van der Waals surface area contributed by atoms with Gasteiger partial charge in [0.2, 0.25) is 0 Å². The number of nitrogens with one attached hydrogen (secondary N) is 1. The van der Waals surface area contributed by atoms with Crippen LogP contribution in [0.1, 0.15) is 6.92 Å². The van der Waals surface area contributed by atoms with Crippen molar-refractivity contribution in [2.45, 2.75) is 6.92 Å². The van der Waals surface area contributed by atoms with Crippen molar-refractivity contribution in [3.8, 4) is 0 Å². The van der Waals surface area contributed by atoms with Crippen molar-refractivity contribution in [2.24, 2.45) is 0 Å². The molecule has 0 radical (unpaired) electrons. The minimum absolute atomic E-state index is 0.400. The normalized spacial score (nSPS) is 11.6. The monoisotopic (exact) mass is 262 g/mol. The quantitative estimate of drug-likeness (QED) is 0.658. The zero-order valence-corrected chi connectivity index (χ0v) is 10.4. The molecule has 0 unspecified atom stereocenters. The van der Waals surface area contributed by atoms with E-state index in [0.717, 1.165) is 22.5 Å². The molecule has 0 bridgehead atoms. The molecule has 1 heterocycles. The molecule has 0 saturated heterocycles. The molecule has 0 aliphatic rings. The maximum atomic E-state index is 10.6. The Bertz CT molecular complexity index is 638. The molecule has 2 aromatic rings. The first-order chi connectivity index (χ1) is 8.56. The van der Waals surface area contributed by atoms with E-state index in [-0.39, 0.29) is 0 Å². The highest BCUT2D eigenvalue weighted by Crippen LogP contribution is 2.25. The Morgan fingerprint density at radius 2 is 2.28 bits per heavy atom. The van der Waals surface area contributed by atoms with Crippen molar-refractivity contribution in [2.75, 3.05) is 5.32 Å². The van der Waals surface area contributed by atoms with Crippen LogP contribution in [0.4, 0.5) is 5.69 Å². The van der Waals surface area contributed by atoms with Crippen LogP contribution in [0.2, 0.25) is 5.15 Å². The first-order valence-corrected chi connectivity index (χ1v) is 5.66. The maximum Gasteiger partial charge on any atom is 0.330 e. The van der Waals surface area contributed by atoms with Crippen molar-refractivity contribution in [1.29, 1.82) is 0 Å². The Balaban J connectivity index is 2.45. The Morgan fingerprint density at radius 1 is 1.50 bits per heavy atom. The van der Waals surface area contributed by atoms with Crippen LogP contribution in [-0.2, 0) is 4.79 Å². The van der Waals surface area contributed by atoms with Gasteiger partial charge in [0.1, 0.15) is 5.15 Å². The van der Waals surface area contributed by atoms with Crippen LogP contribution in [0.25, 0.3) is 10.8 Å². The summed E-state index contributed by atoms with van der Waals surface area (Å²) in [5, 5.41) is 13.9. The third-order valence-electron chi connectivity index (χ3n) is 2.40. The molecule has 1 aromatic carbocycles. The van der Waals surface area contributed by atoms with Gasteiger partial charge in [-0.05, 0) is 19.1 Å². The van der Waals surface area contributed by atoms with Crippen LogP contribution in [0.5, 0.6) is 0 Å². The van der Waals surface area contributed by atoms with Crippen LogP contribution in [0, 0.1) is 0 Å². The van der Waals surface area contributed by atoms with E-state index < -0.39 is 5.97 Å². The van der Waals surface area contributed by atoms with E-state index in [4.69, 9.17) is 16.7 Å². The second kappa shape index (κ2) is 5.06. The highest BCUT2D eigenvalue weighted by atomic mass is 35.5. The summed E-state index contributed by atoms with van der Waals surface area (Å²) in [6.45, 7) is 1.69. The van der Waals surface area contributed by atoms with Crippen LogP contribution in [0.3, 0.4) is 0 Å². The predicted octanol–water partition coefficient (Wildman–Crippen LogP) is 3.29. The smallest absolute Gasteiger partial charge is 0.330 e. The zero-order valence-electron chi connectivity index (χ0n) is 9.64. The number of aliphatic carboxylic acids is 1. The van der Waals surface area contributed by atoms with E-state index in [1.807, 2.05) is 18.2 Å². The maximum absolute atomic E-state index is 10.6. The fourth-order valence-corrected chi connectivity index (χ4v) is 1.84. The first kappa shape index (κ1) is 12.4. The van der Waals surface area contributed by atoms with Crippen molar-refractivity contribution in [3.63, 3.8) is 0 Å². The van der Waals surface area contributed by atoms with Gasteiger partial charge in [0.15, 0.2) is 0 Å². The van der Waals surface area contributed by atoms with E-state index in [9.17, 15) is 4.79 Å². The molecule has 0 amide bonds. The van der Waals surface area contributed by atoms with E-state index in [1.165, 1.54) is 0 Å². The van der Waals surface area contributed by atoms with Crippen molar-refractivity contribution >= 4 is 34.0 Å². The third kappa shape index (κ3) is 2.78. The van der Waals surface area contributed by atoms with Crippen LogP contribution < -0.4 is 5.32 Å². The number of rotatable bonds is 3. The number of fused-ring (bicyclic) bond motifs is 1. The van der Waals surface area contributed by atoms with Gasteiger partial charge in [-0.1, -0.05) is 23.7 Å². The highest BCUT2D eigenvalue weighted by Gasteiger charge is 2.03. The molecule has 92 valence electrons. The Kier molecular flexibility index (Phi) is 3.48. The molecule has 2 rings (SSSR count). The summed E-state index contributed by atoms with van der Waals surface area (Å²) in [6.07, 6.45) is 2.79. The number of carbonyl (C=O) groups is 1. The molecule has 4 nitrogen and oxygen atoms in total. The molecule has 0 aliphatic heterocycles. The summed E-state index contributed by atoms with van der Waals surface area (Å²) in [6, 6.07) is 7.39. The van der Waals surface area contributed by atoms with E-state index in [2.05, 4.69) is 10.3 Å². The number of benzene rings is 1. The number of allylic oxidation sites excluding steroid dienone is 1. The molecule has 5 heteroatoms. The van der Waals surface area contributed by atoms with Crippen LogP contribution >= 0.6 is 11.6 Å². The Labute approximate surface area is 109 Å². The predicted molar refractivity (Wildman–Crippen MR) is 71.8 cm³/mol. The van der Waals surface area contributed by atoms with Crippen molar-refractivity contribution in [1.82, 2.24) is 4.98 Å². The van der Waals surface area contributed by atoms with E-state index in [0.29, 0.717) is 10.9 Å². The zero-order chi connectivity index (χ0) is 13.1. The molecule has 0 aliphatic carbocycles. The summed E-state index contributed by atoms with van der Waals surface area (Å²) < 4.78 is 0. The average Bonchev–Trinajstić information content (AvgIpc) is 2.28. The van der Waals surface area contributed by atoms with Gasteiger partial charge < -0.3 is 10.4 Å². The van der Waals surface area contributed by atoms with Gasteiger partial charge in [0.25, 0.3) is 0 Å². The lowest BCUT2D eigenvalue weighted by atomic mass is 10.1. The molecule has 0 fully saturated rings. The molecule has 1 aromatic heterocycles. The number of carboxylic acids is 1. The summed E-state index contributed by atoms with van der Waals surface area (Å²) >= 11 is 5.86. The molecular weight excluding hydrogens is 252 g/mol. The van der Waals surface area contributed by atoms with E-state index in [1.54, 1.807) is 19.2 Å². The molecule has 18 heavy (non-hydrogen) atoms. The second-order valence-electron chi connectivity index (χ2n) is 3.82. The number of carboxylic acid groups (broad SMARTS) is 1. The molecule has 2 N–H and O–H groups in total. The Morgan fingerprint density at radius 3 is 3.00 bits per heavy atom. The molecule has 0 spiro atoms. The van der Waals surface area contributed by atoms with Gasteiger partial charge in [-0.2, -0.15) is 0 Å². The summed E-state index contributed by atoms with van der Waals surface area (Å²) in [7, 11) is 0. The topological polar surface area (TPSA) is 62.2 Å². The van der Waals surface area contributed by atoms with Gasteiger partial charge in [-0.3, -0.25) is 0 Å². The van der Waals surface area contributed by atoms with Crippen molar-refractivity contribution in [3.05, 3.63) is 47.4 Å². The first-order valence-electron chi connectivity index (χ1n) is 5.29. The van der Waals surface area contributed by atoms with Gasteiger partial charge in [-0.15, -0.1) is 0 Å². The van der Waals surface area contributed by atoms with Crippen LogP contribution in [-0.4, -0.2) is 16.1 Å². The minimum atomic E-state index is -0.986. The fourth-order valence-electron chi connectivity index (χ4n) is 1.69. The Hall–Kier alpha value is -2.07. The van der Waals surface area contributed by atoms with E-state index >= 15 is 0 Å². The number of anilines is 1. The lowest BCUT2D eigenvalue weighted by Gasteiger charge is -2.09. The van der Waals surface area contributed by atoms with Gasteiger partial charge >= 0.3 is 5.97 Å². The second-order valence-corrected chi connectivity index (χ2v) is 4.21. The standard InChI is InChI=1S/C13H11ClN2O2/c1-8(5-13(17)18)16-11-4-2-3-9-7-15-12(14)6-10(9)11/h2-7,16H,1H3,(H,17,18)/b8-5+. The number of aromatic nitrogens is 1. The van der Waals surface area contributed by atoms with Crippen LogP contribution in [0.15, 0.2) is 42.2 Å². The SMILES string of the molecule is C/C(=C\C(=O)O)Nc1cccc2cnc(Cl)cc12. The molecule has 0 atom stereocenters.